The minimum Gasteiger partial charge on any atom is -0.382 e. The molecule has 1 aromatic carbocycles. The molecule has 5 heteroatoms. The maximum absolute atomic E-state index is 12.3. The first kappa shape index (κ1) is 9.18. The molecule has 14 heavy (non-hydrogen) atoms. The predicted octanol–water partition coefficient (Wildman–Crippen LogP) is 2.54. The van der Waals surface area contributed by atoms with Crippen LogP contribution in [0.1, 0.15) is 5.56 Å². The molecular weight excluding hydrogens is 193 g/mol. The summed E-state index contributed by atoms with van der Waals surface area (Å²) < 4.78 is 36.9. The van der Waals surface area contributed by atoms with Gasteiger partial charge in [0.1, 0.15) is 0 Å². The number of nitrogens with one attached hydrogen (secondary N) is 2. The van der Waals surface area contributed by atoms with Crippen molar-refractivity contribution < 1.29 is 13.2 Å². The van der Waals surface area contributed by atoms with Crippen molar-refractivity contribution in [2.75, 3.05) is 23.7 Å². The summed E-state index contributed by atoms with van der Waals surface area (Å²) in [5.41, 5.74) is 0.628. The van der Waals surface area contributed by atoms with Crippen LogP contribution in [0.4, 0.5) is 24.5 Å². The molecule has 0 radical (unpaired) electrons. The summed E-state index contributed by atoms with van der Waals surface area (Å²) in [5, 5.41) is 5.92. The molecular formula is C9H9F3N2. The maximum Gasteiger partial charge on any atom is 0.416 e. The normalized spacial score (nSPS) is 15.4. The molecule has 0 unspecified atom stereocenters. The van der Waals surface area contributed by atoms with Crippen LogP contribution < -0.4 is 10.6 Å². The summed E-state index contributed by atoms with van der Waals surface area (Å²) in [6.07, 6.45) is -4.27. The van der Waals surface area contributed by atoms with Gasteiger partial charge in [-0.3, -0.25) is 0 Å². The zero-order valence-electron chi connectivity index (χ0n) is 7.28. The van der Waals surface area contributed by atoms with Crippen molar-refractivity contribution in [2.24, 2.45) is 0 Å². The van der Waals surface area contributed by atoms with Gasteiger partial charge in [0.05, 0.1) is 16.9 Å². The van der Waals surface area contributed by atoms with E-state index in [0.29, 0.717) is 12.2 Å². The van der Waals surface area contributed by atoms with Gasteiger partial charge in [0, 0.05) is 13.1 Å². The molecule has 0 aromatic heterocycles. The summed E-state index contributed by atoms with van der Waals surface area (Å²) in [6.45, 7) is 1.38. The summed E-state index contributed by atoms with van der Waals surface area (Å²) >= 11 is 0. The Labute approximate surface area is 79.1 Å². The number of anilines is 2. The molecule has 0 aliphatic carbocycles. The van der Waals surface area contributed by atoms with Crippen LogP contribution >= 0.6 is 0 Å². The fourth-order valence-corrected chi connectivity index (χ4v) is 1.42. The minimum atomic E-state index is -4.27. The van der Waals surface area contributed by atoms with Crippen molar-refractivity contribution in [3.05, 3.63) is 23.8 Å². The molecule has 1 aliphatic heterocycles. The van der Waals surface area contributed by atoms with Gasteiger partial charge >= 0.3 is 6.18 Å². The largest absolute Gasteiger partial charge is 0.416 e. The molecule has 2 rings (SSSR count). The van der Waals surface area contributed by atoms with Crippen LogP contribution in [0, 0.1) is 0 Å². The molecule has 1 heterocycles. The molecule has 1 aromatic rings. The van der Waals surface area contributed by atoms with Crippen LogP contribution in [0.25, 0.3) is 0 Å². The topological polar surface area (TPSA) is 24.1 Å². The van der Waals surface area contributed by atoms with E-state index in [1.807, 2.05) is 0 Å². The second-order valence-electron chi connectivity index (χ2n) is 3.11. The highest BCUT2D eigenvalue weighted by atomic mass is 19.4. The number of fused-ring (bicyclic) bond motifs is 1. The minimum absolute atomic E-state index is 0.520. The Morgan fingerprint density at radius 3 is 2.29 bits per heavy atom. The van der Waals surface area contributed by atoms with Gasteiger partial charge in [0.2, 0.25) is 0 Å². The molecule has 0 fully saturated rings. The third-order valence-electron chi connectivity index (χ3n) is 2.10. The molecule has 0 bridgehead atoms. The van der Waals surface area contributed by atoms with Crippen molar-refractivity contribution in [3.8, 4) is 0 Å². The zero-order valence-corrected chi connectivity index (χ0v) is 7.28. The molecule has 0 spiro atoms. The number of rotatable bonds is 0. The molecule has 0 amide bonds. The van der Waals surface area contributed by atoms with Gasteiger partial charge in [-0.25, -0.2) is 0 Å². The van der Waals surface area contributed by atoms with E-state index < -0.39 is 11.7 Å². The van der Waals surface area contributed by atoms with Gasteiger partial charge in [-0.15, -0.1) is 0 Å². The Kier molecular flexibility index (Phi) is 2.02. The molecule has 1 aliphatic rings. The van der Waals surface area contributed by atoms with Crippen LogP contribution in [-0.4, -0.2) is 13.1 Å². The van der Waals surface area contributed by atoms with E-state index in [0.717, 1.165) is 24.4 Å². The van der Waals surface area contributed by atoms with Gasteiger partial charge in [-0.05, 0) is 18.2 Å². The molecule has 0 saturated heterocycles. The van der Waals surface area contributed by atoms with Gasteiger partial charge in [0.25, 0.3) is 0 Å². The maximum atomic E-state index is 12.3. The van der Waals surface area contributed by atoms with E-state index in [4.69, 9.17) is 0 Å². The Morgan fingerprint density at radius 2 is 1.64 bits per heavy atom. The molecule has 0 atom stereocenters. The molecule has 76 valence electrons. The zero-order chi connectivity index (χ0) is 10.2. The number of hydrogen-bond acceptors (Lipinski definition) is 2. The van der Waals surface area contributed by atoms with E-state index in [9.17, 15) is 13.2 Å². The fraction of sp³-hybridized carbons (Fsp3) is 0.333. The Morgan fingerprint density at radius 1 is 1.00 bits per heavy atom. The van der Waals surface area contributed by atoms with Crippen molar-refractivity contribution >= 4 is 11.4 Å². The first-order valence-electron chi connectivity index (χ1n) is 4.26. The highest BCUT2D eigenvalue weighted by Gasteiger charge is 2.31. The van der Waals surface area contributed by atoms with Gasteiger partial charge < -0.3 is 10.6 Å². The van der Waals surface area contributed by atoms with Crippen molar-refractivity contribution in [3.63, 3.8) is 0 Å². The number of alkyl halides is 3. The lowest BCUT2D eigenvalue weighted by Crippen LogP contribution is -2.21. The van der Waals surface area contributed by atoms with Crippen molar-refractivity contribution in [1.82, 2.24) is 0 Å². The summed E-state index contributed by atoms with van der Waals surface area (Å²) in [6, 6.07) is 3.66. The van der Waals surface area contributed by atoms with E-state index in [1.54, 1.807) is 0 Å². The average molecular weight is 202 g/mol. The van der Waals surface area contributed by atoms with Crippen LogP contribution in [0.2, 0.25) is 0 Å². The van der Waals surface area contributed by atoms with E-state index >= 15 is 0 Å². The lowest BCUT2D eigenvalue weighted by atomic mass is 10.1. The highest BCUT2D eigenvalue weighted by Crippen LogP contribution is 2.34. The Balaban J connectivity index is 2.39. The Bertz CT molecular complexity index is 346. The highest BCUT2D eigenvalue weighted by molar-refractivity contribution is 5.71. The SMILES string of the molecule is FC(F)(F)c1ccc2c(c1)NCCN2. The number of halogens is 3. The second-order valence-corrected chi connectivity index (χ2v) is 3.11. The van der Waals surface area contributed by atoms with Crippen molar-refractivity contribution in [2.45, 2.75) is 6.18 Å². The quantitative estimate of drug-likeness (QED) is 0.675. The predicted molar refractivity (Wildman–Crippen MR) is 48.4 cm³/mol. The van der Waals surface area contributed by atoms with Crippen molar-refractivity contribution in [1.29, 1.82) is 0 Å². The standard InChI is InChI=1S/C9H9F3N2/c10-9(11,12)6-1-2-7-8(5-6)14-4-3-13-7/h1-2,5,13-14H,3-4H2. The summed E-state index contributed by atoms with van der Waals surface area (Å²) in [4.78, 5) is 0. The number of hydrogen-bond donors (Lipinski definition) is 2. The van der Waals surface area contributed by atoms with E-state index in [-0.39, 0.29) is 0 Å². The van der Waals surface area contributed by atoms with E-state index in [1.165, 1.54) is 6.07 Å². The second kappa shape index (κ2) is 3.08. The first-order chi connectivity index (χ1) is 6.57. The Hall–Kier alpha value is -1.39. The van der Waals surface area contributed by atoms with Gasteiger partial charge in [-0.2, -0.15) is 13.2 Å². The van der Waals surface area contributed by atoms with Gasteiger partial charge in [0.15, 0.2) is 0 Å². The average Bonchev–Trinajstić information content (AvgIpc) is 2.16. The monoisotopic (exact) mass is 202 g/mol. The first-order valence-corrected chi connectivity index (χ1v) is 4.26. The number of benzene rings is 1. The fourth-order valence-electron chi connectivity index (χ4n) is 1.42. The lowest BCUT2D eigenvalue weighted by molar-refractivity contribution is -0.137. The summed E-state index contributed by atoms with van der Waals surface area (Å²) in [5.74, 6) is 0. The smallest absolute Gasteiger partial charge is 0.382 e. The van der Waals surface area contributed by atoms with Gasteiger partial charge in [-0.1, -0.05) is 0 Å². The lowest BCUT2D eigenvalue weighted by Gasteiger charge is -2.21. The van der Waals surface area contributed by atoms with E-state index in [2.05, 4.69) is 10.6 Å². The van der Waals surface area contributed by atoms with Crippen LogP contribution in [0.15, 0.2) is 18.2 Å². The molecule has 0 saturated carbocycles. The third-order valence-corrected chi connectivity index (χ3v) is 2.10. The molecule has 2 N–H and O–H groups in total. The van der Waals surface area contributed by atoms with Crippen LogP contribution in [0.5, 0.6) is 0 Å². The van der Waals surface area contributed by atoms with Crippen LogP contribution in [-0.2, 0) is 6.18 Å². The summed E-state index contributed by atoms with van der Waals surface area (Å²) in [7, 11) is 0. The van der Waals surface area contributed by atoms with Crippen LogP contribution in [0.3, 0.4) is 0 Å². The molecule has 2 nitrogen and oxygen atoms in total. The third kappa shape index (κ3) is 1.62.